The van der Waals surface area contributed by atoms with Crippen LogP contribution in [0, 0.1) is 5.92 Å². The SMILES string of the molecule is CC(C)C(NS(=O)(=O)c1ccc2ccccc2c1)C(=O)NCCC1=CCCCC1. The number of benzene rings is 2. The number of nitrogens with one attached hydrogen (secondary N) is 2. The second kappa shape index (κ2) is 9.55. The van der Waals surface area contributed by atoms with Crippen LogP contribution in [0.4, 0.5) is 0 Å². The highest BCUT2D eigenvalue weighted by atomic mass is 32.2. The zero-order valence-electron chi connectivity index (χ0n) is 17.1. The van der Waals surface area contributed by atoms with E-state index in [1.807, 2.05) is 38.1 Å². The van der Waals surface area contributed by atoms with E-state index in [0.717, 1.165) is 30.0 Å². The third kappa shape index (κ3) is 5.67. The van der Waals surface area contributed by atoms with E-state index in [2.05, 4.69) is 16.1 Å². The lowest BCUT2D eigenvalue weighted by molar-refractivity contribution is -0.123. The fourth-order valence-corrected chi connectivity index (χ4v) is 5.03. The molecule has 2 aromatic rings. The number of carbonyl (C=O) groups is 1. The number of fused-ring (bicyclic) bond motifs is 1. The van der Waals surface area contributed by atoms with Crippen molar-refractivity contribution in [2.24, 2.45) is 5.92 Å². The summed E-state index contributed by atoms with van der Waals surface area (Å²) in [5.41, 5.74) is 1.38. The Hall–Kier alpha value is -2.18. The maximum Gasteiger partial charge on any atom is 0.241 e. The lowest BCUT2D eigenvalue weighted by atomic mass is 9.97. The smallest absolute Gasteiger partial charge is 0.241 e. The van der Waals surface area contributed by atoms with E-state index in [-0.39, 0.29) is 16.7 Å². The van der Waals surface area contributed by atoms with Gasteiger partial charge in [-0.15, -0.1) is 0 Å². The molecular weight excluding hydrogens is 384 g/mol. The van der Waals surface area contributed by atoms with Crippen molar-refractivity contribution in [1.29, 1.82) is 0 Å². The maximum absolute atomic E-state index is 12.9. The van der Waals surface area contributed by atoms with E-state index >= 15 is 0 Å². The molecule has 0 fully saturated rings. The summed E-state index contributed by atoms with van der Waals surface area (Å²) in [5.74, 6) is -0.445. The van der Waals surface area contributed by atoms with Crippen LogP contribution in [0.25, 0.3) is 10.8 Å². The Bertz CT molecular complexity index is 996. The summed E-state index contributed by atoms with van der Waals surface area (Å²) in [6.07, 6.45) is 7.75. The van der Waals surface area contributed by atoms with E-state index in [1.165, 1.54) is 18.4 Å². The van der Waals surface area contributed by atoms with Crippen LogP contribution in [0.3, 0.4) is 0 Å². The molecule has 0 spiro atoms. The lowest BCUT2D eigenvalue weighted by Gasteiger charge is -2.22. The fraction of sp³-hybridized carbons (Fsp3) is 0.435. The molecule has 0 heterocycles. The molecule has 29 heavy (non-hydrogen) atoms. The van der Waals surface area contributed by atoms with Gasteiger partial charge in [-0.2, -0.15) is 4.72 Å². The predicted molar refractivity (Wildman–Crippen MR) is 117 cm³/mol. The number of amides is 1. The second-order valence-corrected chi connectivity index (χ2v) is 9.72. The fourth-order valence-electron chi connectivity index (χ4n) is 3.65. The minimum absolute atomic E-state index is 0.167. The number of rotatable bonds is 8. The Morgan fingerprint density at radius 1 is 1.07 bits per heavy atom. The van der Waals surface area contributed by atoms with Crippen molar-refractivity contribution < 1.29 is 13.2 Å². The molecule has 0 radical (unpaired) electrons. The largest absolute Gasteiger partial charge is 0.354 e. The first-order valence-electron chi connectivity index (χ1n) is 10.3. The minimum atomic E-state index is -3.81. The maximum atomic E-state index is 12.9. The molecule has 5 nitrogen and oxygen atoms in total. The summed E-state index contributed by atoms with van der Waals surface area (Å²) in [7, 11) is -3.81. The normalized spacial score (nSPS) is 15.9. The van der Waals surface area contributed by atoms with Crippen LogP contribution in [0.5, 0.6) is 0 Å². The molecule has 2 aromatic carbocycles. The quantitative estimate of drug-likeness (QED) is 0.637. The Morgan fingerprint density at radius 3 is 2.52 bits per heavy atom. The van der Waals surface area contributed by atoms with Crippen LogP contribution in [0.2, 0.25) is 0 Å². The van der Waals surface area contributed by atoms with Crippen LogP contribution in [-0.4, -0.2) is 26.9 Å². The molecule has 1 aliphatic rings. The molecule has 0 aromatic heterocycles. The summed E-state index contributed by atoms with van der Waals surface area (Å²) >= 11 is 0. The van der Waals surface area contributed by atoms with Gasteiger partial charge in [-0.05, 0) is 60.9 Å². The van der Waals surface area contributed by atoms with E-state index in [4.69, 9.17) is 0 Å². The van der Waals surface area contributed by atoms with Gasteiger partial charge in [-0.3, -0.25) is 4.79 Å². The minimum Gasteiger partial charge on any atom is -0.354 e. The van der Waals surface area contributed by atoms with Gasteiger partial charge in [-0.25, -0.2) is 8.42 Å². The van der Waals surface area contributed by atoms with Gasteiger partial charge in [0, 0.05) is 6.54 Å². The van der Waals surface area contributed by atoms with Crippen LogP contribution in [0.15, 0.2) is 59.0 Å². The lowest BCUT2D eigenvalue weighted by Crippen LogP contribution is -2.49. The zero-order chi connectivity index (χ0) is 20.9. The molecule has 1 atom stereocenters. The second-order valence-electron chi connectivity index (χ2n) is 8.00. The Morgan fingerprint density at radius 2 is 1.83 bits per heavy atom. The van der Waals surface area contributed by atoms with Gasteiger partial charge in [0.05, 0.1) is 4.90 Å². The highest BCUT2D eigenvalue weighted by molar-refractivity contribution is 7.89. The summed E-state index contributed by atoms with van der Waals surface area (Å²) in [4.78, 5) is 12.9. The molecule has 1 unspecified atom stereocenters. The first-order valence-corrected chi connectivity index (χ1v) is 11.8. The van der Waals surface area contributed by atoms with Crippen molar-refractivity contribution in [2.75, 3.05) is 6.54 Å². The van der Waals surface area contributed by atoms with E-state index in [0.29, 0.717) is 6.54 Å². The van der Waals surface area contributed by atoms with Gasteiger partial charge >= 0.3 is 0 Å². The molecule has 2 N–H and O–H groups in total. The van der Waals surface area contributed by atoms with Gasteiger partial charge in [-0.1, -0.05) is 55.8 Å². The zero-order valence-corrected chi connectivity index (χ0v) is 18.0. The van der Waals surface area contributed by atoms with Crippen molar-refractivity contribution in [2.45, 2.75) is 56.9 Å². The highest BCUT2D eigenvalue weighted by Crippen LogP contribution is 2.21. The molecule has 1 amide bonds. The van der Waals surface area contributed by atoms with Crippen molar-refractivity contribution in [3.63, 3.8) is 0 Å². The molecule has 0 saturated heterocycles. The van der Waals surface area contributed by atoms with E-state index in [9.17, 15) is 13.2 Å². The first kappa shape index (κ1) is 21.5. The van der Waals surface area contributed by atoms with Gasteiger partial charge in [0.25, 0.3) is 0 Å². The predicted octanol–water partition coefficient (Wildman–Crippen LogP) is 4.15. The van der Waals surface area contributed by atoms with Crippen LogP contribution in [0.1, 0.15) is 46.0 Å². The first-order chi connectivity index (χ1) is 13.9. The van der Waals surface area contributed by atoms with Crippen molar-refractivity contribution >= 4 is 26.7 Å². The van der Waals surface area contributed by atoms with Crippen LogP contribution in [-0.2, 0) is 14.8 Å². The van der Waals surface area contributed by atoms with E-state index in [1.54, 1.807) is 18.2 Å². The van der Waals surface area contributed by atoms with Gasteiger partial charge < -0.3 is 5.32 Å². The molecule has 6 heteroatoms. The Kier molecular flexibility index (Phi) is 7.09. The number of carbonyl (C=O) groups excluding carboxylic acids is 1. The molecule has 0 saturated carbocycles. The molecule has 3 rings (SSSR count). The van der Waals surface area contributed by atoms with E-state index < -0.39 is 16.1 Å². The number of sulfonamides is 1. The van der Waals surface area contributed by atoms with Crippen LogP contribution >= 0.6 is 0 Å². The van der Waals surface area contributed by atoms with Gasteiger partial charge in [0.1, 0.15) is 6.04 Å². The average molecular weight is 415 g/mol. The summed E-state index contributed by atoms with van der Waals surface area (Å²) < 4.78 is 28.4. The number of allylic oxidation sites excluding steroid dienone is 1. The van der Waals surface area contributed by atoms with Crippen molar-refractivity contribution in [1.82, 2.24) is 10.0 Å². The summed E-state index contributed by atoms with van der Waals surface area (Å²) in [6, 6.07) is 11.8. The highest BCUT2D eigenvalue weighted by Gasteiger charge is 2.28. The van der Waals surface area contributed by atoms with Gasteiger partial charge in [0.15, 0.2) is 0 Å². The monoisotopic (exact) mass is 414 g/mol. The molecular formula is C23H30N2O3S. The molecule has 1 aliphatic carbocycles. The topological polar surface area (TPSA) is 75.3 Å². The Balaban J connectivity index is 1.67. The third-order valence-corrected chi connectivity index (χ3v) is 6.83. The summed E-state index contributed by atoms with van der Waals surface area (Å²) in [5, 5.41) is 4.73. The molecule has 0 aliphatic heterocycles. The summed E-state index contributed by atoms with van der Waals surface area (Å²) in [6.45, 7) is 4.22. The van der Waals surface area contributed by atoms with Crippen LogP contribution < -0.4 is 10.0 Å². The third-order valence-electron chi connectivity index (χ3n) is 5.39. The standard InChI is InChI=1S/C23H30N2O3S/c1-17(2)22(23(26)24-15-14-18-8-4-3-5-9-18)25-29(27,28)21-13-12-19-10-6-7-11-20(19)16-21/h6-8,10-13,16-17,22,25H,3-5,9,14-15H2,1-2H3,(H,24,26). The average Bonchev–Trinajstić information content (AvgIpc) is 2.72. The molecule has 0 bridgehead atoms. The number of hydrogen-bond donors (Lipinski definition) is 2. The number of hydrogen-bond acceptors (Lipinski definition) is 3. The molecule has 156 valence electrons. The van der Waals surface area contributed by atoms with Gasteiger partial charge in [0.2, 0.25) is 15.9 Å². The van der Waals surface area contributed by atoms with Crippen molar-refractivity contribution in [3.8, 4) is 0 Å². The van der Waals surface area contributed by atoms with Crippen molar-refractivity contribution in [3.05, 3.63) is 54.1 Å². The Labute approximate surface area is 173 Å².